The number of rotatable bonds is 3. The SMILES string of the molecule is Cc1ccc(C)n1NC(=O)C1(CN)CCCC1. The van der Waals surface area contributed by atoms with E-state index in [1.54, 1.807) is 0 Å². The van der Waals surface area contributed by atoms with Crippen molar-refractivity contribution in [2.24, 2.45) is 11.1 Å². The largest absolute Gasteiger partial charge is 0.329 e. The Morgan fingerprint density at radius 2 is 1.88 bits per heavy atom. The van der Waals surface area contributed by atoms with Gasteiger partial charge < -0.3 is 5.73 Å². The summed E-state index contributed by atoms with van der Waals surface area (Å²) in [7, 11) is 0. The fourth-order valence-corrected chi connectivity index (χ4v) is 2.64. The van der Waals surface area contributed by atoms with Crippen LogP contribution >= 0.6 is 0 Å². The van der Waals surface area contributed by atoms with Crippen molar-refractivity contribution >= 4 is 5.91 Å². The summed E-state index contributed by atoms with van der Waals surface area (Å²) in [6.45, 7) is 4.41. The maximum Gasteiger partial charge on any atom is 0.246 e. The first kappa shape index (κ1) is 12.2. The molecule has 17 heavy (non-hydrogen) atoms. The van der Waals surface area contributed by atoms with Crippen LogP contribution in [0.4, 0.5) is 0 Å². The van der Waals surface area contributed by atoms with Crippen molar-refractivity contribution in [2.45, 2.75) is 39.5 Å². The van der Waals surface area contributed by atoms with Gasteiger partial charge >= 0.3 is 0 Å². The second-order valence-electron chi connectivity index (χ2n) is 5.08. The monoisotopic (exact) mass is 235 g/mol. The number of nitrogens with one attached hydrogen (secondary N) is 1. The fourth-order valence-electron chi connectivity index (χ4n) is 2.64. The zero-order chi connectivity index (χ0) is 12.5. The lowest BCUT2D eigenvalue weighted by atomic mass is 9.85. The Balaban J connectivity index is 2.16. The van der Waals surface area contributed by atoms with Gasteiger partial charge in [-0.15, -0.1) is 0 Å². The van der Waals surface area contributed by atoms with Gasteiger partial charge in [-0.25, -0.2) is 0 Å². The second-order valence-corrected chi connectivity index (χ2v) is 5.08. The molecule has 0 radical (unpaired) electrons. The molecule has 3 N–H and O–H groups in total. The van der Waals surface area contributed by atoms with Crippen LogP contribution in [-0.4, -0.2) is 17.1 Å². The van der Waals surface area contributed by atoms with Crippen LogP contribution in [0.2, 0.25) is 0 Å². The van der Waals surface area contributed by atoms with E-state index in [-0.39, 0.29) is 11.3 Å². The zero-order valence-corrected chi connectivity index (χ0v) is 10.6. The molecule has 1 heterocycles. The predicted molar refractivity (Wildman–Crippen MR) is 68.2 cm³/mol. The second kappa shape index (κ2) is 4.53. The molecule has 4 nitrogen and oxygen atoms in total. The molecule has 1 aromatic heterocycles. The van der Waals surface area contributed by atoms with Crippen molar-refractivity contribution in [3.05, 3.63) is 23.5 Å². The van der Waals surface area contributed by atoms with Gasteiger partial charge in [0.25, 0.3) is 0 Å². The molecule has 0 atom stereocenters. The average molecular weight is 235 g/mol. The Labute approximate surface area is 102 Å². The number of nitrogens with two attached hydrogens (primary N) is 1. The van der Waals surface area contributed by atoms with Crippen LogP contribution in [0, 0.1) is 19.3 Å². The van der Waals surface area contributed by atoms with Gasteiger partial charge in [-0.1, -0.05) is 12.8 Å². The topological polar surface area (TPSA) is 60.0 Å². The van der Waals surface area contributed by atoms with Gasteiger partial charge in [-0.2, -0.15) is 0 Å². The van der Waals surface area contributed by atoms with Gasteiger partial charge in [-0.3, -0.25) is 14.9 Å². The Bertz CT molecular complexity index is 397. The third kappa shape index (κ3) is 2.09. The molecule has 2 rings (SSSR count). The maximum absolute atomic E-state index is 12.4. The fraction of sp³-hybridized carbons (Fsp3) is 0.615. The van der Waals surface area contributed by atoms with Crippen molar-refractivity contribution in [1.82, 2.24) is 4.68 Å². The van der Waals surface area contributed by atoms with Crippen LogP contribution in [0.5, 0.6) is 0 Å². The maximum atomic E-state index is 12.4. The number of aromatic nitrogens is 1. The molecule has 0 bridgehead atoms. The van der Waals surface area contributed by atoms with Crippen molar-refractivity contribution in [3.63, 3.8) is 0 Å². The molecule has 1 aliphatic rings. The molecule has 0 aromatic carbocycles. The van der Waals surface area contributed by atoms with E-state index in [1.165, 1.54) is 0 Å². The highest BCUT2D eigenvalue weighted by molar-refractivity contribution is 5.90. The van der Waals surface area contributed by atoms with Crippen LogP contribution in [0.25, 0.3) is 0 Å². The van der Waals surface area contributed by atoms with E-state index in [4.69, 9.17) is 5.73 Å². The summed E-state index contributed by atoms with van der Waals surface area (Å²) in [4.78, 5) is 12.4. The summed E-state index contributed by atoms with van der Waals surface area (Å²) in [6, 6.07) is 4.00. The summed E-state index contributed by atoms with van der Waals surface area (Å²) < 4.78 is 1.85. The Hall–Kier alpha value is -1.29. The zero-order valence-electron chi connectivity index (χ0n) is 10.6. The molecule has 0 unspecified atom stereocenters. The Morgan fingerprint density at radius 3 is 2.35 bits per heavy atom. The van der Waals surface area contributed by atoms with Gasteiger partial charge in [-0.05, 0) is 38.8 Å². The molecular weight excluding hydrogens is 214 g/mol. The highest BCUT2D eigenvalue weighted by Gasteiger charge is 2.40. The summed E-state index contributed by atoms with van der Waals surface area (Å²) in [5.74, 6) is 0.0694. The van der Waals surface area contributed by atoms with Crippen molar-refractivity contribution < 1.29 is 4.79 Å². The highest BCUT2D eigenvalue weighted by atomic mass is 16.2. The van der Waals surface area contributed by atoms with Crippen molar-refractivity contribution in [2.75, 3.05) is 12.0 Å². The third-order valence-corrected chi connectivity index (χ3v) is 3.92. The first-order valence-corrected chi connectivity index (χ1v) is 6.25. The molecule has 1 aliphatic carbocycles. The quantitative estimate of drug-likeness (QED) is 0.837. The lowest BCUT2D eigenvalue weighted by Gasteiger charge is -2.26. The van der Waals surface area contributed by atoms with E-state index in [0.717, 1.165) is 37.1 Å². The normalized spacial score (nSPS) is 18.3. The summed E-state index contributed by atoms with van der Waals surface area (Å²) in [5, 5.41) is 0. The highest BCUT2D eigenvalue weighted by Crippen LogP contribution is 2.37. The van der Waals surface area contributed by atoms with E-state index in [0.29, 0.717) is 6.54 Å². The molecule has 1 fully saturated rings. The number of nitrogens with zero attached hydrogens (tertiary/aromatic N) is 1. The summed E-state index contributed by atoms with van der Waals surface area (Å²) in [6.07, 6.45) is 4.03. The van der Waals surface area contributed by atoms with Gasteiger partial charge in [0.05, 0.1) is 5.41 Å². The molecule has 0 saturated heterocycles. The molecular formula is C13H21N3O. The van der Waals surface area contributed by atoms with E-state index in [9.17, 15) is 4.79 Å². The van der Waals surface area contributed by atoms with Crippen LogP contribution in [0.3, 0.4) is 0 Å². The van der Waals surface area contributed by atoms with Crippen molar-refractivity contribution in [1.29, 1.82) is 0 Å². The number of carbonyl (C=O) groups excluding carboxylic acids is 1. The van der Waals surface area contributed by atoms with E-state index in [2.05, 4.69) is 5.43 Å². The molecule has 1 aromatic rings. The molecule has 0 aliphatic heterocycles. The molecule has 1 saturated carbocycles. The minimum atomic E-state index is -0.344. The lowest BCUT2D eigenvalue weighted by Crippen LogP contribution is -2.43. The van der Waals surface area contributed by atoms with Gasteiger partial charge in [0, 0.05) is 17.9 Å². The number of carbonyl (C=O) groups is 1. The molecule has 0 spiro atoms. The van der Waals surface area contributed by atoms with Gasteiger partial charge in [0.1, 0.15) is 0 Å². The smallest absolute Gasteiger partial charge is 0.246 e. The minimum Gasteiger partial charge on any atom is -0.329 e. The minimum absolute atomic E-state index is 0.0694. The van der Waals surface area contributed by atoms with E-state index >= 15 is 0 Å². The van der Waals surface area contributed by atoms with Crippen LogP contribution < -0.4 is 11.2 Å². The molecule has 4 heteroatoms. The van der Waals surface area contributed by atoms with Gasteiger partial charge in [0.2, 0.25) is 5.91 Å². The molecule has 1 amide bonds. The van der Waals surface area contributed by atoms with E-state index in [1.807, 2.05) is 30.7 Å². The first-order chi connectivity index (χ1) is 8.09. The van der Waals surface area contributed by atoms with E-state index < -0.39 is 0 Å². The van der Waals surface area contributed by atoms with Crippen molar-refractivity contribution in [3.8, 4) is 0 Å². The average Bonchev–Trinajstić information content (AvgIpc) is 2.91. The summed E-state index contributed by atoms with van der Waals surface area (Å²) in [5.41, 5.74) is 10.5. The third-order valence-electron chi connectivity index (χ3n) is 3.92. The summed E-state index contributed by atoms with van der Waals surface area (Å²) >= 11 is 0. The van der Waals surface area contributed by atoms with Gasteiger partial charge in [0.15, 0.2) is 0 Å². The first-order valence-electron chi connectivity index (χ1n) is 6.25. The Morgan fingerprint density at radius 1 is 1.35 bits per heavy atom. The lowest BCUT2D eigenvalue weighted by molar-refractivity contribution is -0.125. The number of hydrogen-bond acceptors (Lipinski definition) is 2. The number of aryl methyl sites for hydroxylation is 2. The van der Waals surface area contributed by atoms with Crippen LogP contribution in [0.1, 0.15) is 37.1 Å². The number of hydrogen-bond donors (Lipinski definition) is 2. The van der Waals surface area contributed by atoms with Crippen LogP contribution in [-0.2, 0) is 4.79 Å². The Kier molecular flexibility index (Phi) is 3.24. The predicted octanol–water partition coefficient (Wildman–Crippen LogP) is 1.69. The molecule has 94 valence electrons. The van der Waals surface area contributed by atoms with Crippen LogP contribution in [0.15, 0.2) is 12.1 Å². The number of amides is 1. The standard InChI is InChI=1S/C13H21N3O/c1-10-5-6-11(2)16(10)15-12(17)13(9-14)7-3-4-8-13/h5-6H,3-4,7-9,14H2,1-2H3,(H,15,17).